The lowest BCUT2D eigenvalue weighted by molar-refractivity contribution is 0.332. The summed E-state index contributed by atoms with van der Waals surface area (Å²) in [7, 11) is 0. The monoisotopic (exact) mass is 570 g/mol. The van der Waals surface area contributed by atoms with Crippen molar-refractivity contribution in [3.05, 3.63) is 165 Å². The standard InChI is InChI=1S/C39H23Br/c40-34-20-19-23(22-17-18-28-26-11-2-1-9-24(26)25-10-3-4-12-27(25)31(28)21-22)35-36(34)38-30-14-6-8-16-33(30)39(38)32-15-7-5-13-29(32)37(35)39/h1-21,37-38H. The van der Waals surface area contributed by atoms with Gasteiger partial charge in [0, 0.05) is 21.7 Å². The maximum absolute atomic E-state index is 4.03. The molecule has 3 atom stereocenters. The topological polar surface area (TPSA) is 0 Å². The van der Waals surface area contributed by atoms with Gasteiger partial charge >= 0.3 is 0 Å². The molecule has 0 amide bonds. The fourth-order valence-corrected chi connectivity index (χ4v) is 9.40. The van der Waals surface area contributed by atoms with Crippen LogP contribution in [0.3, 0.4) is 0 Å². The molecule has 0 heterocycles. The van der Waals surface area contributed by atoms with Crippen molar-refractivity contribution in [2.75, 3.05) is 0 Å². The largest absolute Gasteiger partial charge is 0.0620 e. The molecule has 3 aliphatic rings. The smallest absolute Gasteiger partial charge is 0.0427 e. The molecule has 0 nitrogen and oxygen atoms in total. The van der Waals surface area contributed by atoms with E-state index < -0.39 is 0 Å². The Balaban J connectivity index is 1.29. The van der Waals surface area contributed by atoms with Gasteiger partial charge in [-0.2, -0.15) is 0 Å². The fraction of sp³-hybridized carbons (Fsp3) is 0.0769. The van der Waals surface area contributed by atoms with Crippen molar-refractivity contribution >= 4 is 48.2 Å². The number of fused-ring (bicyclic) bond motifs is 13. The van der Waals surface area contributed by atoms with Crippen LogP contribution in [-0.2, 0) is 5.41 Å². The van der Waals surface area contributed by atoms with Gasteiger partial charge in [-0.15, -0.1) is 0 Å². The van der Waals surface area contributed by atoms with E-state index in [1.165, 1.54) is 81.3 Å². The Morgan fingerprint density at radius 1 is 0.450 bits per heavy atom. The van der Waals surface area contributed by atoms with E-state index in [2.05, 4.69) is 143 Å². The predicted molar refractivity (Wildman–Crippen MR) is 169 cm³/mol. The van der Waals surface area contributed by atoms with Crippen LogP contribution >= 0.6 is 15.9 Å². The van der Waals surface area contributed by atoms with Gasteiger partial charge in [0.2, 0.25) is 0 Å². The van der Waals surface area contributed by atoms with Crippen LogP contribution in [0, 0.1) is 0 Å². The third-order valence-corrected chi connectivity index (χ3v) is 10.9. The van der Waals surface area contributed by atoms with Gasteiger partial charge in [0.25, 0.3) is 0 Å². The van der Waals surface area contributed by atoms with Crippen molar-refractivity contribution in [2.24, 2.45) is 0 Å². The maximum atomic E-state index is 4.03. The van der Waals surface area contributed by atoms with Crippen molar-refractivity contribution in [1.82, 2.24) is 0 Å². The van der Waals surface area contributed by atoms with E-state index in [4.69, 9.17) is 0 Å². The second-order valence-corrected chi connectivity index (χ2v) is 12.5. The van der Waals surface area contributed by atoms with E-state index >= 15 is 0 Å². The van der Waals surface area contributed by atoms with Crippen LogP contribution in [0.25, 0.3) is 43.4 Å². The van der Waals surface area contributed by atoms with Gasteiger partial charge in [0.15, 0.2) is 0 Å². The fourth-order valence-electron chi connectivity index (χ4n) is 8.83. The maximum Gasteiger partial charge on any atom is 0.0427 e. The Kier molecular flexibility index (Phi) is 3.94. The summed E-state index contributed by atoms with van der Waals surface area (Å²) in [5.41, 5.74) is 11.8. The Morgan fingerprint density at radius 3 is 1.57 bits per heavy atom. The Labute approximate surface area is 241 Å². The zero-order valence-corrected chi connectivity index (χ0v) is 23.2. The van der Waals surface area contributed by atoms with E-state index in [0.29, 0.717) is 11.8 Å². The zero-order valence-electron chi connectivity index (χ0n) is 21.7. The first-order valence-corrected chi connectivity index (χ1v) is 14.9. The van der Waals surface area contributed by atoms with Crippen molar-refractivity contribution in [2.45, 2.75) is 17.3 Å². The summed E-state index contributed by atoms with van der Waals surface area (Å²) >= 11 is 4.03. The zero-order chi connectivity index (χ0) is 26.2. The van der Waals surface area contributed by atoms with E-state index in [-0.39, 0.29) is 5.41 Å². The quantitative estimate of drug-likeness (QED) is 0.172. The molecule has 0 saturated carbocycles. The molecule has 0 aliphatic heterocycles. The van der Waals surface area contributed by atoms with Gasteiger partial charge in [-0.1, -0.05) is 131 Å². The highest BCUT2D eigenvalue weighted by Crippen LogP contribution is 2.78. The molecule has 7 aromatic rings. The van der Waals surface area contributed by atoms with E-state index in [1.807, 2.05) is 0 Å². The lowest BCUT2D eigenvalue weighted by Gasteiger charge is -2.58. The third-order valence-electron chi connectivity index (χ3n) is 10.2. The number of benzene rings is 7. The molecular weight excluding hydrogens is 548 g/mol. The van der Waals surface area contributed by atoms with E-state index in [1.54, 1.807) is 0 Å². The minimum atomic E-state index is 0.0634. The minimum absolute atomic E-state index is 0.0634. The van der Waals surface area contributed by atoms with E-state index in [9.17, 15) is 0 Å². The second kappa shape index (κ2) is 7.30. The highest BCUT2D eigenvalue weighted by molar-refractivity contribution is 9.10. The minimum Gasteiger partial charge on any atom is -0.0620 e. The van der Waals surface area contributed by atoms with E-state index in [0.717, 1.165) is 0 Å². The average molecular weight is 572 g/mol. The normalized spacial score (nSPS) is 21.2. The summed E-state index contributed by atoms with van der Waals surface area (Å²) < 4.78 is 1.24. The van der Waals surface area contributed by atoms with Crippen molar-refractivity contribution in [3.63, 3.8) is 0 Å². The summed E-state index contributed by atoms with van der Waals surface area (Å²) in [6, 6.07) is 47.9. The lowest BCUT2D eigenvalue weighted by Crippen LogP contribution is -2.52. The molecule has 0 aromatic heterocycles. The van der Waals surface area contributed by atoms with Gasteiger partial charge in [-0.25, -0.2) is 0 Å². The van der Waals surface area contributed by atoms with Gasteiger partial charge in [-0.05, 0) is 89.0 Å². The van der Waals surface area contributed by atoms with Crippen LogP contribution in [0.5, 0.6) is 0 Å². The van der Waals surface area contributed by atoms with Gasteiger partial charge < -0.3 is 0 Å². The van der Waals surface area contributed by atoms with Crippen LogP contribution in [0.4, 0.5) is 0 Å². The van der Waals surface area contributed by atoms with Crippen molar-refractivity contribution in [1.29, 1.82) is 0 Å². The molecule has 186 valence electrons. The van der Waals surface area contributed by atoms with Crippen LogP contribution in [0.15, 0.2) is 132 Å². The molecule has 0 fully saturated rings. The molecule has 0 radical (unpaired) electrons. The number of hydrogen-bond acceptors (Lipinski definition) is 0. The van der Waals surface area contributed by atoms with Crippen molar-refractivity contribution in [3.8, 4) is 11.1 Å². The van der Waals surface area contributed by atoms with Crippen molar-refractivity contribution < 1.29 is 0 Å². The van der Waals surface area contributed by atoms with Gasteiger partial charge in [0.1, 0.15) is 0 Å². The highest BCUT2D eigenvalue weighted by atomic mass is 79.9. The van der Waals surface area contributed by atoms with Gasteiger partial charge in [0.05, 0.1) is 0 Å². The summed E-state index contributed by atoms with van der Waals surface area (Å²) in [4.78, 5) is 0. The second-order valence-electron chi connectivity index (χ2n) is 11.7. The molecular formula is C39H23Br. The molecule has 0 saturated heterocycles. The summed E-state index contributed by atoms with van der Waals surface area (Å²) in [5.74, 6) is 0.785. The molecule has 40 heavy (non-hydrogen) atoms. The molecule has 0 bridgehead atoms. The van der Waals surface area contributed by atoms with Crippen LogP contribution < -0.4 is 0 Å². The SMILES string of the molecule is Brc1ccc(-c2ccc3c4ccccc4c4ccccc4c3c2)c2c1C1c3ccccc3C13c1ccccc1C23. The first-order chi connectivity index (χ1) is 19.8. The van der Waals surface area contributed by atoms with Gasteiger partial charge in [-0.3, -0.25) is 0 Å². The predicted octanol–water partition coefficient (Wildman–Crippen LogP) is 10.5. The number of hydrogen-bond donors (Lipinski definition) is 0. The van der Waals surface area contributed by atoms with Crippen LogP contribution in [-0.4, -0.2) is 0 Å². The summed E-state index contributed by atoms with van der Waals surface area (Å²) in [6.45, 7) is 0. The summed E-state index contributed by atoms with van der Waals surface area (Å²) in [6.07, 6.45) is 0. The number of halogens is 1. The highest BCUT2D eigenvalue weighted by Gasteiger charge is 2.70. The average Bonchev–Trinajstić information content (AvgIpc) is 3.23. The lowest BCUT2D eigenvalue weighted by atomic mass is 9.43. The Bertz CT molecular complexity index is 2220. The molecule has 3 aliphatic carbocycles. The first kappa shape index (κ1) is 21.6. The Morgan fingerprint density at radius 2 is 0.950 bits per heavy atom. The molecule has 10 rings (SSSR count). The Hall–Kier alpha value is -4.20. The van der Waals surface area contributed by atoms with Crippen LogP contribution in [0.2, 0.25) is 0 Å². The molecule has 7 aromatic carbocycles. The first-order valence-electron chi connectivity index (χ1n) is 14.1. The third kappa shape index (κ3) is 2.30. The molecule has 1 heteroatoms. The van der Waals surface area contributed by atoms with Crippen LogP contribution in [0.1, 0.15) is 45.2 Å². The molecule has 3 unspecified atom stereocenters. The molecule has 0 N–H and O–H groups in total. The number of rotatable bonds is 1. The molecule has 1 spiro atoms. The summed E-state index contributed by atoms with van der Waals surface area (Å²) in [5, 5.41) is 7.95.